The number of amidine groups is 1. The van der Waals surface area contributed by atoms with E-state index in [1.807, 2.05) is 20.8 Å². The van der Waals surface area contributed by atoms with Gasteiger partial charge in [-0.2, -0.15) is 13.2 Å². The number of carbonyl (C=O) groups excluding carboxylic acids is 3. The molecule has 0 fully saturated rings. The normalized spacial score (nSPS) is 15.6. The number of rotatable bonds is 13. The molecule has 2 atom stereocenters. The molecule has 1 amide bonds. The zero-order valence-corrected chi connectivity index (χ0v) is 24.3. The van der Waals surface area contributed by atoms with Crippen molar-refractivity contribution in [3.05, 3.63) is 33.9 Å². The van der Waals surface area contributed by atoms with Gasteiger partial charge in [-0.1, -0.05) is 38.8 Å². The number of carbonyl (C=O) groups is 3. The van der Waals surface area contributed by atoms with Crippen LogP contribution in [-0.4, -0.2) is 55.2 Å². The van der Waals surface area contributed by atoms with Gasteiger partial charge in [0.2, 0.25) is 12.0 Å². The van der Waals surface area contributed by atoms with Crippen LogP contribution in [0.4, 0.5) is 13.2 Å². The van der Waals surface area contributed by atoms with Crippen molar-refractivity contribution in [3.63, 3.8) is 0 Å². The zero-order valence-electron chi connectivity index (χ0n) is 23.6. The molecule has 9 nitrogen and oxygen atoms in total. The highest BCUT2D eigenvalue weighted by molar-refractivity contribution is 6.31. The first-order valence-electron chi connectivity index (χ1n) is 13.2. The average Bonchev–Trinajstić information content (AvgIpc) is 2.84. The van der Waals surface area contributed by atoms with Crippen LogP contribution < -0.4 is 15.8 Å². The monoisotopic (exact) mass is 603 g/mol. The maximum Gasteiger partial charge on any atom is 0.430 e. The van der Waals surface area contributed by atoms with Crippen LogP contribution >= 0.6 is 11.6 Å². The third kappa shape index (κ3) is 10.6. The Bertz CT molecular complexity index is 1160. The average molecular weight is 604 g/mol. The highest BCUT2D eigenvalue weighted by atomic mass is 35.5. The van der Waals surface area contributed by atoms with Crippen molar-refractivity contribution in [1.29, 1.82) is 5.41 Å². The number of nitrogens with two attached hydrogens (primary N) is 1. The zero-order chi connectivity index (χ0) is 31.0. The minimum Gasteiger partial charge on any atom is -0.475 e. The van der Waals surface area contributed by atoms with Gasteiger partial charge >= 0.3 is 18.1 Å². The number of hydrogen-bond donors (Lipinski definition) is 3. The van der Waals surface area contributed by atoms with Gasteiger partial charge in [0, 0.05) is 23.9 Å². The summed E-state index contributed by atoms with van der Waals surface area (Å²) in [6, 6.07) is 2.06. The van der Waals surface area contributed by atoms with Gasteiger partial charge in [-0.25, -0.2) is 9.59 Å². The van der Waals surface area contributed by atoms with Gasteiger partial charge in [-0.05, 0) is 54.9 Å². The second-order valence-corrected chi connectivity index (χ2v) is 11.2. The van der Waals surface area contributed by atoms with E-state index in [-0.39, 0.29) is 43.2 Å². The number of amides is 1. The molecule has 4 N–H and O–H groups in total. The molecule has 1 aliphatic rings. The third-order valence-electron chi connectivity index (χ3n) is 6.15. The molecule has 0 radical (unpaired) electrons. The molecule has 0 bridgehead atoms. The molecule has 1 aliphatic heterocycles. The standard InChI is InChI=1S/C28H37ClF3N3O6/c1-16(36)35-21(9-5-6-10-23(33)34)26(38)40-12-8-7-11-39-25(37)18-13-17-14-20(29)19(27(2,3)4)15-22(17)41-24(18)28(30,31)32/h13-15,21,24H,5-12H2,1-4H3,(H3,33,34)(H,35,36)/t21-,24-/m0/s1. The fourth-order valence-electron chi connectivity index (χ4n) is 4.09. The molecule has 0 saturated heterocycles. The highest BCUT2D eigenvalue weighted by Crippen LogP contribution is 2.42. The molecule has 2 rings (SSSR count). The molecule has 1 aromatic rings. The van der Waals surface area contributed by atoms with Crippen LogP contribution in [0.2, 0.25) is 5.02 Å². The molecule has 0 aromatic heterocycles. The van der Waals surface area contributed by atoms with Crippen molar-refractivity contribution in [3.8, 4) is 5.75 Å². The van der Waals surface area contributed by atoms with Gasteiger partial charge in [-0.3, -0.25) is 10.2 Å². The van der Waals surface area contributed by atoms with Gasteiger partial charge in [0.05, 0.1) is 24.6 Å². The summed E-state index contributed by atoms with van der Waals surface area (Å²) in [7, 11) is 0. The summed E-state index contributed by atoms with van der Waals surface area (Å²) < 4.78 is 56.9. The molecule has 0 spiro atoms. The number of hydrogen-bond acceptors (Lipinski definition) is 7. The van der Waals surface area contributed by atoms with Gasteiger partial charge in [0.15, 0.2) is 0 Å². The van der Waals surface area contributed by atoms with Crippen molar-refractivity contribution in [2.45, 2.75) is 90.0 Å². The summed E-state index contributed by atoms with van der Waals surface area (Å²) in [5.41, 5.74) is 5.01. The summed E-state index contributed by atoms with van der Waals surface area (Å²) in [6.45, 7) is 6.61. The molecule has 13 heteroatoms. The van der Waals surface area contributed by atoms with Crippen LogP contribution in [-0.2, 0) is 29.3 Å². The topological polar surface area (TPSA) is 141 Å². The summed E-state index contributed by atoms with van der Waals surface area (Å²) in [5, 5.41) is 10.1. The summed E-state index contributed by atoms with van der Waals surface area (Å²) in [4.78, 5) is 36.4. The molecule has 0 aliphatic carbocycles. The van der Waals surface area contributed by atoms with E-state index in [1.165, 1.54) is 19.1 Å². The first-order valence-corrected chi connectivity index (χ1v) is 13.6. The largest absolute Gasteiger partial charge is 0.475 e. The van der Waals surface area contributed by atoms with Gasteiger partial charge in [0.1, 0.15) is 11.8 Å². The van der Waals surface area contributed by atoms with Crippen LogP contribution in [0.3, 0.4) is 0 Å². The van der Waals surface area contributed by atoms with E-state index < -0.39 is 47.2 Å². The predicted octanol–water partition coefficient (Wildman–Crippen LogP) is 5.21. The Labute approximate surface area is 242 Å². The highest BCUT2D eigenvalue weighted by Gasteiger charge is 2.49. The molecule has 0 unspecified atom stereocenters. The molecule has 1 aromatic carbocycles. The molecular weight excluding hydrogens is 567 g/mol. The van der Waals surface area contributed by atoms with E-state index in [0.717, 1.165) is 6.08 Å². The predicted molar refractivity (Wildman–Crippen MR) is 148 cm³/mol. The Morgan fingerprint density at radius 2 is 1.73 bits per heavy atom. The Hall–Kier alpha value is -3.28. The second-order valence-electron chi connectivity index (χ2n) is 10.8. The van der Waals surface area contributed by atoms with Crippen molar-refractivity contribution in [1.82, 2.24) is 5.32 Å². The van der Waals surface area contributed by atoms with Gasteiger partial charge in [0.25, 0.3) is 0 Å². The van der Waals surface area contributed by atoms with Crippen molar-refractivity contribution in [2.75, 3.05) is 13.2 Å². The quantitative estimate of drug-likeness (QED) is 0.122. The first kappa shape index (κ1) is 33.9. The lowest BCUT2D eigenvalue weighted by Gasteiger charge is -2.30. The molecular formula is C28H37ClF3N3O6. The van der Waals surface area contributed by atoms with E-state index in [2.05, 4.69) is 5.32 Å². The molecule has 0 saturated carbocycles. The molecule has 1 heterocycles. The summed E-state index contributed by atoms with van der Waals surface area (Å²) >= 11 is 6.35. The molecule has 228 valence electrons. The number of unbranched alkanes of at least 4 members (excludes halogenated alkanes) is 2. The van der Waals surface area contributed by atoms with Crippen molar-refractivity contribution >= 4 is 41.4 Å². The lowest BCUT2D eigenvalue weighted by Crippen LogP contribution is -2.41. The van der Waals surface area contributed by atoms with E-state index >= 15 is 0 Å². The number of benzene rings is 1. The molecule has 41 heavy (non-hydrogen) atoms. The maximum atomic E-state index is 13.8. The Kier molecular flexibility index (Phi) is 12.0. The van der Waals surface area contributed by atoms with Gasteiger partial charge in [-0.15, -0.1) is 0 Å². The van der Waals surface area contributed by atoms with Crippen LogP contribution in [0.1, 0.15) is 77.3 Å². The van der Waals surface area contributed by atoms with Crippen molar-refractivity contribution < 1.29 is 41.8 Å². The van der Waals surface area contributed by atoms with Crippen molar-refractivity contribution in [2.24, 2.45) is 5.73 Å². The van der Waals surface area contributed by atoms with E-state index in [4.69, 9.17) is 37.0 Å². The van der Waals surface area contributed by atoms with E-state index in [0.29, 0.717) is 36.3 Å². The summed E-state index contributed by atoms with van der Waals surface area (Å²) in [6.07, 6.45) is -3.99. The number of halogens is 4. The Morgan fingerprint density at radius 3 is 2.29 bits per heavy atom. The number of fused-ring (bicyclic) bond motifs is 1. The van der Waals surface area contributed by atoms with Gasteiger partial charge < -0.3 is 25.3 Å². The van der Waals surface area contributed by atoms with Crippen LogP contribution in [0, 0.1) is 5.41 Å². The fourth-order valence-corrected chi connectivity index (χ4v) is 4.54. The fraction of sp³-hybridized carbons (Fsp3) is 0.571. The van der Waals surface area contributed by atoms with E-state index in [9.17, 15) is 27.6 Å². The number of nitrogens with one attached hydrogen (secondary N) is 2. The number of esters is 2. The summed E-state index contributed by atoms with van der Waals surface area (Å²) in [5.74, 6) is -2.21. The number of ether oxygens (including phenoxy) is 3. The van der Waals surface area contributed by atoms with Crippen LogP contribution in [0.15, 0.2) is 17.7 Å². The lowest BCUT2D eigenvalue weighted by atomic mass is 9.85. The number of alkyl halides is 3. The van der Waals surface area contributed by atoms with E-state index in [1.54, 1.807) is 0 Å². The second kappa shape index (κ2) is 14.6. The first-order chi connectivity index (χ1) is 19.0. The lowest BCUT2D eigenvalue weighted by molar-refractivity contribution is -0.188. The van der Waals surface area contributed by atoms with Crippen LogP contribution in [0.25, 0.3) is 6.08 Å². The third-order valence-corrected chi connectivity index (χ3v) is 6.46. The Morgan fingerprint density at radius 1 is 1.10 bits per heavy atom. The smallest absolute Gasteiger partial charge is 0.430 e. The van der Waals surface area contributed by atoms with Crippen LogP contribution in [0.5, 0.6) is 5.75 Å². The maximum absolute atomic E-state index is 13.8. The minimum absolute atomic E-state index is 0.0311. The Balaban J connectivity index is 1.93. The SMILES string of the molecule is CC(=O)N[C@@H](CCCCC(=N)N)C(=O)OCCCCOC(=O)C1=Cc2cc(Cl)c(C(C)(C)C)cc2O[C@@H]1C(F)(F)F. The minimum atomic E-state index is -4.87.